The van der Waals surface area contributed by atoms with Crippen LogP contribution >= 0.6 is 0 Å². The predicted molar refractivity (Wildman–Crippen MR) is 72.6 cm³/mol. The average Bonchev–Trinajstić information content (AvgIpc) is 2.40. The normalized spacial score (nSPS) is 31.5. The van der Waals surface area contributed by atoms with Gasteiger partial charge in [0.1, 0.15) is 18.3 Å². The van der Waals surface area contributed by atoms with Crippen molar-refractivity contribution in [3.63, 3.8) is 0 Å². The molecule has 3 N–H and O–H groups in total. The van der Waals surface area contributed by atoms with Crippen LogP contribution in [0.25, 0.3) is 0 Å². The van der Waals surface area contributed by atoms with Crippen molar-refractivity contribution >= 4 is 5.91 Å². The molecule has 0 aromatic carbocycles. The standard InChI is InChI=1S/C14H27NO4/c1-3-4-5-6-7-8-12(17)15-9-11(16)14(19)13(18)10(15)2/h10-11,13-14,16,18-19H,3-9H2,1-2H3/t10-,11+,13+,14-/m0/s1. The van der Waals surface area contributed by atoms with Gasteiger partial charge in [0.15, 0.2) is 0 Å². The second kappa shape index (κ2) is 7.82. The summed E-state index contributed by atoms with van der Waals surface area (Å²) in [5.41, 5.74) is 0. The summed E-state index contributed by atoms with van der Waals surface area (Å²) in [5.74, 6) is -0.0472. The van der Waals surface area contributed by atoms with Gasteiger partial charge in [-0.05, 0) is 13.3 Å². The first-order chi connectivity index (χ1) is 8.99. The van der Waals surface area contributed by atoms with Crippen LogP contribution in [0.1, 0.15) is 52.4 Å². The van der Waals surface area contributed by atoms with Gasteiger partial charge in [0.2, 0.25) is 5.91 Å². The number of rotatable bonds is 6. The average molecular weight is 273 g/mol. The monoisotopic (exact) mass is 273 g/mol. The van der Waals surface area contributed by atoms with Gasteiger partial charge in [0.25, 0.3) is 0 Å². The van der Waals surface area contributed by atoms with Crippen LogP contribution in [0.4, 0.5) is 0 Å². The molecule has 19 heavy (non-hydrogen) atoms. The fraction of sp³-hybridized carbons (Fsp3) is 0.929. The van der Waals surface area contributed by atoms with Crippen LogP contribution < -0.4 is 0 Å². The molecule has 1 aliphatic heterocycles. The van der Waals surface area contributed by atoms with Gasteiger partial charge in [-0.3, -0.25) is 4.79 Å². The molecule has 0 bridgehead atoms. The number of unbranched alkanes of at least 4 members (excludes halogenated alkanes) is 4. The molecule has 0 radical (unpaired) electrons. The molecule has 0 aromatic heterocycles. The molecule has 1 saturated heterocycles. The van der Waals surface area contributed by atoms with E-state index in [1.165, 1.54) is 17.7 Å². The summed E-state index contributed by atoms with van der Waals surface area (Å²) in [5, 5.41) is 28.9. The molecule has 1 amide bonds. The third-order valence-electron chi connectivity index (χ3n) is 3.93. The second-order valence-electron chi connectivity index (χ2n) is 5.50. The zero-order valence-electron chi connectivity index (χ0n) is 12.0. The zero-order valence-corrected chi connectivity index (χ0v) is 12.0. The Kier molecular flexibility index (Phi) is 6.75. The summed E-state index contributed by atoms with van der Waals surface area (Å²) in [6.45, 7) is 3.95. The quantitative estimate of drug-likeness (QED) is 0.621. The zero-order chi connectivity index (χ0) is 14.4. The Labute approximate surface area is 115 Å². The van der Waals surface area contributed by atoms with E-state index < -0.39 is 24.4 Å². The predicted octanol–water partition coefficient (Wildman–Crippen LogP) is 0.660. The Bertz CT molecular complexity index is 285. The highest BCUT2D eigenvalue weighted by Crippen LogP contribution is 2.20. The highest BCUT2D eigenvalue weighted by Gasteiger charge is 2.40. The summed E-state index contributed by atoms with van der Waals surface area (Å²) in [6.07, 6.45) is 2.54. The molecule has 1 heterocycles. The Morgan fingerprint density at radius 2 is 1.74 bits per heavy atom. The minimum atomic E-state index is -1.16. The topological polar surface area (TPSA) is 81.0 Å². The van der Waals surface area contributed by atoms with E-state index in [1.807, 2.05) is 0 Å². The van der Waals surface area contributed by atoms with Gasteiger partial charge < -0.3 is 20.2 Å². The molecule has 4 atom stereocenters. The fourth-order valence-electron chi connectivity index (χ4n) is 2.53. The number of likely N-dealkylation sites (tertiary alicyclic amines) is 1. The number of amides is 1. The third kappa shape index (κ3) is 4.44. The SMILES string of the molecule is CCCCCCCC(=O)N1C[C@@H](O)[C@H](O)[C@H](O)[C@@H]1C. The van der Waals surface area contributed by atoms with Crippen LogP contribution in [-0.4, -0.2) is 57.0 Å². The van der Waals surface area contributed by atoms with E-state index in [0.717, 1.165) is 19.3 Å². The molecule has 1 fully saturated rings. The van der Waals surface area contributed by atoms with Crippen molar-refractivity contribution in [1.82, 2.24) is 4.90 Å². The number of β-amino-alcohol motifs (C(OH)–C–C–N with tert-alkyl or cyclic N) is 1. The van der Waals surface area contributed by atoms with Crippen molar-refractivity contribution in [3.05, 3.63) is 0 Å². The van der Waals surface area contributed by atoms with E-state index >= 15 is 0 Å². The van der Waals surface area contributed by atoms with Crippen molar-refractivity contribution in [3.8, 4) is 0 Å². The van der Waals surface area contributed by atoms with Crippen LogP contribution in [0.3, 0.4) is 0 Å². The van der Waals surface area contributed by atoms with Crippen molar-refractivity contribution < 1.29 is 20.1 Å². The highest BCUT2D eigenvalue weighted by molar-refractivity contribution is 5.76. The molecule has 0 aromatic rings. The summed E-state index contributed by atoms with van der Waals surface area (Å²) in [6, 6.07) is -0.443. The molecule has 0 saturated carbocycles. The van der Waals surface area contributed by atoms with Crippen LogP contribution in [0.15, 0.2) is 0 Å². The van der Waals surface area contributed by atoms with Crippen LogP contribution in [0.5, 0.6) is 0 Å². The Morgan fingerprint density at radius 3 is 2.37 bits per heavy atom. The maximum Gasteiger partial charge on any atom is 0.222 e. The van der Waals surface area contributed by atoms with Gasteiger partial charge in [-0.1, -0.05) is 32.6 Å². The highest BCUT2D eigenvalue weighted by atomic mass is 16.4. The number of carbonyl (C=O) groups is 1. The van der Waals surface area contributed by atoms with E-state index in [-0.39, 0.29) is 12.5 Å². The molecular formula is C14H27NO4. The number of hydrogen-bond acceptors (Lipinski definition) is 4. The van der Waals surface area contributed by atoms with Crippen LogP contribution in [0, 0.1) is 0 Å². The number of carbonyl (C=O) groups excluding carboxylic acids is 1. The number of piperidine rings is 1. The molecule has 112 valence electrons. The van der Waals surface area contributed by atoms with E-state index in [4.69, 9.17) is 0 Å². The second-order valence-corrected chi connectivity index (χ2v) is 5.50. The molecule has 1 rings (SSSR count). The maximum atomic E-state index is 12.1. The largest absolute Gasteiger partial charge is 0.388 e. The summed E-state index contributed by atoms with van der Waals surface area (Å²) in [4.78, 5) is 13.5. The van der Waals surface area contributed by atoms with Gasteiger partial charge in [-0.15, -0.1) is 0 Å². The van der Waals surface area contributed by atoms with Crippen LogP contribution in [0.2, 0.25) is 0 Å². The van der Waals surface area contributed by atoms with E-state index in [1.54, 1.807) is 6.92 Å². The minimum Gasteiger partial charge on any atom is -0.388 e. The summed E-state index contributed by atoms with van der Waals surface area (Å²) in [7, 11) is 0. The molecule has 5 heteroatoms. The lowest BCUT2D eigenvalue weighted by Crippen LogP contribution is -2.61. The summed E-state index contributed by atoms with van der Waals surface area (Å²) < 4.78 is 0. The number of hydrogen-bond donors (Lipinski definition) is 3. The Hall–Kier alpha value is -0.650. The van der Waals surface area contributed by atoms with Gasteiger partial charge in [-0.2, -0.15) is 0 Å². The Morgan fingerprint density at radius 1 is 1.11 bits per heavy atom. The lowest BCUT2D eigenvalue weighted by molar-refractivity contribution is -0.160. The first-order valence-corrected chi connectivity index (χ1v) is 7.32. The molecule has 1 aliphatic rings. The number of aliphatic hydroxyl groups excluding tert-OH is 3. The van der Waals surface area contributed by atoms with Crippen molar-refractivity contribution in [2.75, 3.05) is 6.54 Å². The van der Waals surface area contributed by atoms with Gasteiger partial charge >= 0.3 is 0 Å². The molecule has 0 aliphatic carbocycles. The van der Waals surface area contributed by atoms with Crippen molar-refractivity contribution in [2.24, 2.45) is 0 Å². The van der Waals surface area contributed by atoms with Crippen LogP contribution in [-0.2, 0) is 4.79 Å². The van der Waals surface area contributed by atoms with Gasteiger partial charge in [0.05, 0.1) is 6.04 Å². The number of aliphatic hydroxyl groups is 3. The molecular weight excluding hydrogens is 246 g/mol. The molecule has 0 spiro atoms. The van der Waals surface area contributed by atoms with E-state index in [2.05, 4.69) is 6.92 Å². The maximum absolute atomic E-state index is 12.1. The van der Waals surface area contributed by atoms with E-state index in [9.17, 15) is 20.1 Å². The van der Waals surface area contributed by atoms with Gasteiger partial charge in [0, 0.05) is 13.0 Å². The van der Waals surface area contributed by atoms with Crippen molar-refractivity contribution in [1.29, 1.82) is 0 Å². The third-order valence-corrected chi connectivity index (χ3v) is 3.93. The first-order valence-electron chi connectivity index (χ1n) is 7.32. The lowest BCUT2D eigenvalue weighted by atomic mass is 9.94. The smallest absolute Gasteiger partial charge is 0.222 e. The number of nitrogens with zero attached hydrogens (tertiary/aromatic N) is 1. The minimum absolute atomic E-state index is 0.0472. The summed E-state index contributed by atoms with van der Waals surface area (Å²) >= 11 is 0. The van der Waals surface area contributed by atoms with Crippen molar-refractivity contribution in [2.45, 2.75) is 76.7 Å². The fourth-order valence-corrected chi connectivity index (χ4v) is 2.53. The Balaban J connectivity index is 2.39. The molecule has 0 unspecified atom stereocenters. The lowest BCUT2D eigenvalue weighted by Gasteiger charge is -2.42. The van der Waals surface area contributed by atoms with E-state index in [0.29, 0.717) is 6.42 Å². The van der Waals surface area contributed by atoms with Gasteiger partial charge in [-0.25, -0.2) is 0 Å². The first kappa shape index (κ1) is 16.4. The molecule has 5 nitrogen and oxygen atoms in total.